The fourth-order valence-corrected chi connectivity index (χ4v) is 3.01. The van der Waals surface area contributed by atoms with E-state index in [1.807, 2.05) is 0 Å². The van der Waals surface area contributed by atoms with Gasteiger partial charge in [0.1, 0.15) is 5.75 Å². The lowest BCUT2D eigenvalue weighted by atomic mass is 10.2. The average Bonchev–Trinajstić information content (AvgIpc) is 2.47. The van der Waals surface area contributed by atoms with Gasteiger partial charge in [0.15, 0.2) is 6.10 Å². The molecule has 1 aliphatic rings. The molecule has 1 aromatic rings. The van der Waals surface area contributed by atoms with Crippen molar-refractivity contribution in [1.82, 2.24) is 9.62 Å². The van der Waals surface area contributed by atoms with Gasteiger partial charge in [0.25, 0.3) is 5.91 Å². The first-order valence-corrected chi connectivity index (χ1v) is 8.50. The summed E-state index contributed by atoms with van der Waals surface area (Å²) in [7, 11) is -0.571. The highest BCUT2D eigenvalue weighted by atomic mass is 32.2. The molecule has 1 atom stereocenters. The van der Waals surface area contributed by atoms with Gasteiger partial charge in [0.2, 0.25) is 15.9 Å². The maximum atomic E-state index is 12.2. The van der Waals surface area contributed by atoms with Crippen molar-refractivity contribution < 1.29 is 22.7 Å². The summed E-state index contributed by atoms with van der Waals surface area (Å²) in [6.45, 7) is 1.60. The van der Waals surface area contributed by atoms with E-state index in [4.69, 9.17) is 4.74 Å². The summed E-state index contributed by atoms with van der Waals surface area (Å²) in [5.41, 5.74) is 0.306. The maximum Gasteiger partial charge on any atom is 0.265 e. The molecule has 0 saturated carbocycles. The van der Waals surface area contributed by atoms with Crippen molar-refractivity contribution in [3.63, 3.8) is 0 Å². The van der Waals surface area contributed by atoms with Crippen molar-refractivity contribution in [3.8, 4) is 5.75 Å². The summed E-state index contributed by atoms with van der Waals surface area (Å²) in [5.74, 6) is -0.0942. The fraction of sp³-hybridized carbons (Fsp3) is 0.429. The topological polar surface area (TPSA) is 105 Å². The van der Waals surface area contributed by atoms with E-state index in [0.29, 0.717) is 11.4 Å². The first-order chi connectivity index (χ1) is 10.7. The van der Waals surface area contributed by atoms with Crippen LogP contribution in [0, 0.1) is 0 Å². The van der Waals surface area contributed by atoms with E-state index >= 15 is 0 Å². The van der Waals surface area contributed by atoms with Crippen molar-refractivity contribution in [2.45, 2.75) is 24.3 Å². The molecule has 23 heavy (non-hydrogen) atoms. The highest BCUT2D eigenvalue weighted by Gasteiger charge is 2.25. The Morgan fingerprint density at radius 3 is 2.74 bits per heavy atom. The van der Waals surface area contributed by atoms with Gasteiger partial charge in [-0.2, -0.15) is 0 Å². The monoisotopic (exact) mass is 341 g/mol. The summed E-state index contributed by atoms with van der Waals surface area (Å²) < 4.78 is 32.2. The smallest absolute Gasteiger partial charge is 0.265 e. The minimum atomic E-state index is -3.77. The van der Waals surface area contributed by atoms with Crippen LogP contribution in [0.25, 0.3) is 0 Å². The second-order valence-corrected chi connectivity index (χ2v) is 7.11. The van der Waals surface area contributed by atoms with Gasteiger partial charge in [-0.15, -0.1) is 0 Å². The zero-order chi connectivity index (χ0) is 17.2. The highest BCUT2D eigenvalue weighted by Crippen LogP contribution is 2.31. The lowest BCUT2D eigenvalue weighted by Gasteiger charge is -2.23. The number of carbonyl (C=O) groups excluding carboxylic acids is 2. The highest BCUT2D eigenvalue weighted by molar-refractivity contribution is 7.89. The number of fused-ring (bicyclic) bond motifs is 1. The van der Waals surface area contributed by atoms with E-state index in [9.17, 15) is 18.0 Å². The van der Waals surface area contributed by atoms with Crippen LogP contribution < -0.4 is 14.8 Å². The number of carbonyl (C=O) groups is 2. The van der Waals surface area contributed by atoms with Crippen LogP contribution >= 0.6 is 0 Å². The Kier molecular flexibility index (Phi) is 4.90. The molecular weight excluding hydrogens is 322 g/mol. The molecule has 0 bridgehead atoms. The molecule has 0 fully saturated rings. The van der Waals surface area contributed by atoms with Gasteiger partial charge in [-0.05, 0) is 25.1 Å². The summed E-state index contributed by atoms with van der Waals surface area (Å²) in [6.07, 6.45) is -0.561. The van der Waals surface area contributed by atoms with Crippen molar-refractivity contribution in [1.29, 1.82) is 0 Å². The quantitative estimate of drug-likeness (QED) is 0.794. The van der Waals surface area contributed by atoms with Crippen LogP contribution in [0.4, 0.5) is 5.69 Å². The lowest BCUT2D eigenvalue weighted by Crippen LogP contribution is -2.34. The first kappa shape index (κ1) is 17.2. The zero-order valence-electron chi connectivity index (χ0n) is 13.1. The molecular formula is C14H19N3O5S. The Balaban J connectivity index is 2.10. The van der Waals surface area contributed by atoms with Gasteiger partial charge < -0.3 is 15.0 Å². The molecule has 126 valence electrons. The number of hydrogen-bond acceptors (Lipinski definition) is 5. The predicted molar refractivity (Wildman–Crippen MR) is 83.7 cm³/mol. The third-order valence-electron chi connectivity index (χ3n) is 3.32. The van der Waals surface area contributed by atoms with Crippen molar-refractivity contribution in [2.24, 2.45) is 0 Å². The molecule has 0 saturated heterocycles. The van der Waals surface area contributed by atoms with Gasteiger partial charge >= 0.3 is 0 Å². The molecule has 0 unspecified atom stereocenters. The maximum absolute atomic E-state index is 12.2. The second kappa shape index (κ2) is 6.55. The molecule has 1 heterocycles. The molecule has 2 amide bonds. The molecule has 0 aromatic heterocycles. The van der Waals surface area contributed by atoms with Gasteiger partial charge in [-0.3, -0.25) is 9.59 Å². The summed E-state index contributed by atoms with van der Waals surface area (Å²) in [5, 5.41) is 2.59. The average molecular weight is 341 g/mol. The van der Waals surface area contributed by atoms with Gasteiger partial charge in [-0.25, -0.2) is 13.1 Å². The summed E-state index contributed by atoms with van der Waals surface area (Å²) in [6, 6.07) is 4.21. The van der Waals surface area contributed by atoms with Crippen molar-refractivity contribution >= 4 is 27.5 Å². The molecule has 2 rings (SSSR count). The Bertz CT molecular complexity index is 730. The lowest BCUT2D eigenvalue weighted by molar-refractivity contribution is -0.128. The van der Waals surface area contributed by atoms with Crippen LogP contribution in [0.5, 0.6) is 5.75 Å². The number of nitrogens with one attached hydrogen (secondary N) is 2. The van der Waals surface area contributed by atoms with Gasteiger partial charge in [0.05, 0.1) is 10.6 Å². The summed E-state index contributed by atoms with van der Waals surface area (Å²) in [4.78, 5) is 24.4. The number of sulfonamides is 1. The standard InChI is InChI=1S/C14H19N3O5S/c1-9-14(19)16-11-8-10(4-5-12(11)22-9)23(20,21)15-7-6-13(18)17(2)3/h4-5,8-9,15H,6-7H2,1-3H3,(H,16,19)/t9-/m1/s1. The molecule has 0 spiro atoms. The number of amides is 2. The van der Waals surface area contributed by atoms with Crippen LogP contribution in [0.2, 0.25) is 0 Å². The first-order valence-electron chi connectivity index (χ1n) is 7.02. The van der Waals surface area contributed by atoms with Crippen LogP contribution in [-0.2, 0) is 19.6 Å². The van der Waals surface area contributed by atoms with E-state index in [1.165, 1.54) is 23.1 Å². The van der Waals surface area contributed by atoms with Gasteiger partial charge in [0, 0.05) is 27.1 Å². The van der Waals surface area contributed by atoms with Gasteiger partial charge in [-0.1, -0.05) is 0 Å². The van der Waals surface area contributed by atoms with E-state index in [2.05, 4.69) is 10.0 Å². The van der Waals surface area contributed by atoms with E-state index in [0.717, 1.165) is 0 Å². The Morgan fingerprint density at radius 1 is 1.39 bits per heavy atom. The zero-order valence-corrected chi connectivity index (χ0v) is 13.9. The number of ether oxygens (including phenoxy) is 1. The van der Waals surface area contributed by atoms with Crippen LogP contribution in [0.3, 0.4) is 0 Å². The van der Waals surface area contributed by atoms with Crippen LogP contribution in [-0.4, -0.2) is 51.9 Å². The predicted octanol–water partition coefficient (Wildman–Crippen LogP) is 0.163. The minimum Gasteiger partial charge on any atom is -0.479 e. The number of hydrogen-bond donors (Lipinski definition) is 2. The molecule has 9 heteroatoms. The molecule has 2 N–H and O–H groups in total. The summed E-state index contributed by atoms with van der Waals surface area (Å²) >= 11 is 0. The number of anilines is 1. The number of nitrogens with zero attached hydrogens (tertiary/aromatic N) is 1. The molecule has 0 radical (unpaired) electrons. The Morgan fingerprint density at radius 2 is 2.09 bits per heavy atom. The third kappa shape index (κ3) is 3.99. The molecule has 0 aliphatic carbocycles. The third-order valence-corrected chi connectivity index (χ3v) is 4.78. The second-order valence-electron chi connectivity index (χ2n) is 5.34. The number of benzene rings is 1. The largest absolute Gasteiger partial charge is 0.479 e. The molecule has 1 aromatic carbocycles. The van der Waals surface area contributed by atoms with Crippen molar-refractivity contribution in [2.75, 3.05) is 26.0 Å². The molecule has 1 aliphatic heterocycles. The Hall–Kier alpha value is -2.13. The van der Waals surface area contributed by atoms with Crippen LogP contribution in [0.1, 0.15) is 13.3 Å². The van der Waals surface area contributed by atoms with E-state index in [1.54, 1.807) is 21.0 Å². The SMILES string of the molecule is C[C@H]1Oc2ccc(S(=O)(=O)NCCC(=O)N(C)C)cc2NC1=O. The normalized spacial score (nSPS) is 17.0. The fourth-order valence-electron chi connectivity index (χ4n) is 1.95. The molecule has 8 nitrogen and oxygen atoms in total. The van der Waals surface area contributed by atoms with E-state index < -0.39 is 16.1 Å². The van der Waals surface area contributed by atoms with Crippen molar-refractivity contribution in [3.05, 3.63) is 18.2 Å². The Labute approximate surface area is 134 Å². The number of rotatable bonds is 5. The van der Waals surface area contributed by atoms with E-state index in [-0.39, 0.29) is 29.7 Å². The van der Waals surface area contributed by atoms with Crippen LogP contribution in [0.15, 0.2) is 23.1 Å². The minimum absolute atomic E-state index is 0.00365.